The second-order valence-electron chi connectivity index (χ2n) is 5.16. The highest BCUT2D eigenvalue weighted by atomic mass is 16.6. The monoisotopic (exact) mass is 288 g/mol. The molecular formula is C14H16N4O3. The number of aliphatic hydroxyl groups excluding tert-OH is 1. The van der Waals surface area contributed by atoms with Gasteiger partial charge in [0.05, 0.1) is 17.0 Å². The van der Waals surface area contributed by atoms with Crippen molar-refractivity contribution in [2.75, 3.05) is 18.1 Å². The van der Waals surface area contributed by atoms with Gasteiger partial charge in [-0.15, -0.1) is 0 Å². The molecule has 0 saturated heterocycles. The SMILES string of the molecule is O=[N+]([O-])c1ccc2ncnc(N(CCO)C3CCC3)c2c1. The number of fused-ring (bicyclic) bond motifs is 1. The fourth-order valence-corrected chi connectivity index (χ4v) is 2.64. The number of aliphatic hydroxyl groups is 1. The van der Waals surface area contributed by atoms with Gasteiger partial charge in [0.2, 0.25) is 0 Å². The Balaban J connectivity index is 2.10. The molecule has 1 aliphatic rings. The summed E-state index contributed by atoms with van der Waals surface area (Å²) in [5, 5.41) is 20.9. The van der Waals surface area contributed by atoms with Crippen molar-refractivity contribution in [3.05, 3.63) is 34.6 Å². The third-order valence-corrected chi connectivity index (χ3v) is 3.94. The minimum atomic E-state index is -0.421. The molecule has 0 spiro atoms. The first-order valence-electron chi connectivity index (χ1n) is 6.97. The average molecular weight is 288 g/mol. The van der Waals surface area contributed by atoms with Crippen LogP contribution in [0, 0.1) is 10.1 Å². The topological polar surface area (TPSA) is 92.4 Å². The van der Waals surface area contributed by atoms with Crippen LogP contribution in [0.1, 0.15) is 19.3 Å². The van der Waals surface area contributed by atoms with E-state index in [1.54, 1.807) is 6.07 Å². The Kier molecular flexibility index (Phi) is 3.66. The summed E-state index contributed by atoms with van der Waals surface area (Å²) in [5.41, 5.74) is 0.698. The minimum absolute atomic E-state index is 0.0242. The minimum Gasteiger partial charge on any atom is -0.395 e. The van der Waals surface area contributed by atoms with Crippen molar-refractivity contribution in [3.8, 4) is 0 Å². The third kappa shape index (κ3) is 2.52. The molecule has 1 fully saturated rings. The van der Waals surface area contributed by atoms with Gasteiger partial charge < -0.3 is 10.0 Å². The Morgan fingerprint density at radius 1 is 1.38 bits per heavy atom. The van der Waals surface area contributed by atoms with E-state index >= 15 is 0 Å². The zero-order valence-electron chi connectivity index (χ0n) is 11.5. The van der Waals surface area contributed by atoms with Crippen LogP contribution in [-0.4, -0.2) is 39.2 Å². The Morgan fingerprint density at radius 2 is 2.19 bits per heavy atom. The highest BCUT2D eigenvalue weighted by molar-refractivity contribution is 5.91. The van der Waals surface area contributed by atoms with E-state index in [-0.39, 0.29) is 12.3 Å². The number of nitrogens with zero attached hydrogens (tertiary/aromatic N) is 4. The lowest BCUT2D eigenvalue weighted by Gasteiger charge is -2.38. The number of hydrogen-bond donors (Lipinski definition) is 1. The summed E-state index contributed by atoms with van der Waals surface area (Å²) in [6, 6.07) is 4.93. The van der Waals surface area contributed by atoms with Gasteiger partial charge in [-0.2, -0.15) is 0 Å². The van der Waals surface area contributed by atoms with Gasteiger partial charge >= 0.3 is 0 Å². The number of rotatable bonds is 5. The molecule has 0 atom stereocenters. The summed E-state index contributed by atoms with van der Waals surface area (Å²) in [4.78, 5) is 21.1. The van der Waals surface area contributed by atoms with Crippen molar-refractivity contribution in [1.82, 2.24) is 9.97 Å². The number of benzene rings is 1. The molecule has 0 bridgehead atoms. The van der Waals surface area contributed by atoms with Crippen molar-refractivity contribution in [1.29, 1.82) is 0 Å². The van der Waals surface area contributed by atoms with Crippen LogP contribution in [-0.2, 0) is 0 Å². The highest BCUT2D eigenvalue weighted by Gasteiger charge is 2.27. The van der Waals surface area contributed by atoms with Gasteiger partial charge in [-0.25, -0.2) is 9.97 Å². The zero-order valence-corrected chi connectivity index (χ0v) is 11.5. The summed E-state index contributed by atoms with van der Waals surface area (Å²) in [6.07, 6.45) is 4.74. The van der Waals surface area contributed by atoms with Gasteiger partial charge in [0.15, 0.2) is 0 Å². The van der Waals surface area contributed by atoms with Crippen LogP contribution in [0.4, 0.5) is 11.5 Å². The molecule has 3 rings (SSSR count). The lowest BCUT2D eigenvalue weighted by molar-refractivity contribution is -0.384. The molecular weight excluding hydrogens is 272 g/mol. The summed E-state index contributed by atoms with van der Waals surface area (Å²) in [5.74, 6) is 0.669. The Hall–Kier alpha value is -2.28. The van der Waals surface area contributed by atoms with E-state index in [9.17, 15) is 15.2 Å². The molecule has 2 aromatic rings. The summed E-state index contributed by atoms with van der Waals surface area (Å²) in [7, 11) is 0. The molecule has 1 heterocycles. The predicted octanol–water partition coefficient (Wildman–Crippen LogP) is 1.89. The molecule has 1 saturated carbocycles. The van der Waals surface area contributed by atoms with Crippen LogP contribution in [0.15, 0.2) is 24.5 Å². The molecule has 0 aliphatic heterocycles. The van der Waals surface area contributed by atoms with Crippen LogP contribution in [0.5, 0.6) is 0 Å². The fourth-order valence-electron chi connectivity index (χ4n) is 2.64. The summed E-state index contributed by atoms with van der Waals surface area (Å²) < 4.78 is 0. The maximum absolute atomic E-state index is 11.0. The summed E-state index contributed by atoms with van der Waals surface area (Å²) >= 11 is 0. The predicted molar refractivity (Wildman–Crippen MR) is 78.3 cm³/mol. The molecule has 7 nitrogen and oxygen atoms in total. The van der Waals surface area contributed by atoms with Crippen molar-refractivity contribution in [2.45, 2.75) is 25.3 Å². The fraction of sp³-hybridized carbons (Fsp3) is 0.429. The highest BCUT2D eigenvalue weighted by Crippen LogP contribution is 2.33. The van der Waals surface area contributed by atoms with E-state index in [2.05, 4.69) is 9.97 Å². The molecule has 0 radical (unpaired) electrons. The maximum Gasteiger partial charge on any atom is 0.270 e. The van der Waals surface area contributed by atoms with Gasteiger partial charge in [0.25, 0.3) is 5.69 Å². The first kappa shape index (κ1) is 13.7. The Bertz CT molecular complexity index is 672. The first-order chi connectivity index (χ1) is 10.2. The van der Waals surface area contributed by atoms with E-state index in [4.69, 9.17) is 0 Å². The molecule has 0 unspecified atom stereocenters. The molecule has 7 heteroatoms. The lowest BCUT2D eigenvalue weighted by Crippen LogP contribution is -2.42. The van der Waals surface area contributed by atoms with Gasteiger partial charge in [0.1, 0.15) is 12.1 Å². The maximum atomic E-state index is 11.0. The lowest BCUT2D eigenvalue weighted by atomic mass is 9.91. The van der Waals surface area contributed by atoms with Gasteiger partial charge in [0, 0.05) is 30.1 Å². The van der Waals surface area contributed by atoms with Crippen LogP contribution in [0.25, 0.3) is 10.9 Å². The number of nitro benzene ring substituents is 1. The van der Waals surface area contributed by atoms with Crippen LogP contribution in [0.2, 0.25) is 0 Å². The van der Waals surface area contributed by atoms with E-state index < -0.39 is 4.92 Å². The van der Waals surface area contributed by atoms with Crippen LogP contribution < -0.4 is 4.90 Å². The standard InChI is InChI=1S/C14H16N4O3/c19-7-6-17(10-2-1-3-10)14-12-8-11(18(20)21)4-5-13(12)15-9-16-14/h4-5,8-10,19H,1-3,6-7H2. The van der Waals surface area contributed by atoms with Gasteiger partial charge in [-0.3, -0.25) is 10.1 Å². The second-order valence-corrected chi connectivity index (χ2v) is 5.16. The number of nitro groups is 1. The number of aromatic nitrogens is 2. The smallest absolute Gasteiger partial charge is 0.270 e. The van der Waals surface area contributed by atoms with Crippen molar-refractivity contribution >= 4 is 22.4 Å². The first-order valence-corrected chi connectivity index (χ1v) is 6.97. The van der Waals surface area contributed by atoms with Crippen molar-refractivity contribution in [3.63, 3.8) is 0 Å². The van der Waals surface area contributed by atoms with E-state index in [1.807, 2.05) is 4.90 Å². The molecule has 21 heavy (non-hydrogen) atoms. The third-order valence-electron chi connectivity index (χ3n) is 3.94. The normalized spacial score (nSPS) is 14.9. The molecule has 1 aliphatic carbocycles. The summed E-state index contributed by atoms with van der Waals surface area (Å²) in [6.45, 7) is 0.496. The molecule has 1 N–H and O–H groups in total. The zero-order chi connectivity index (χ0) is 14.8. The molecule has 110 valence electrons. The molecule has 1 aromatic heterocycles. The van der Waals surface area contributed by atoms with Gasteiger partial charge in [-0.1, -0.05) is 0 Å². The van der Waals surface area contributed by atoms with Crippen LogP contribution in [0.3, 0.4) is 0 Å². The van der Waals surface area contributed by atoms with E-state index in [1.165, 1.54) is 18.5 Å². The molecule has 0 amide bonds. The van der Waals surface area contributed by atoms with E-state index in [0.717, 1.165) is 19.3 Å². The van der Waals surface area contributed by atoms with Crippen LogP contribution >= 0.6 is 0 Å². The van der Waals surface area contributed by atoms with Crippen molar-refractivity contribution < 1.29 is 10.0 Å². The number of hydrogen-bond acceptors (Lipinski definition) is 6. The van der Waals surface area contributed by atoms with Gasteiger partial charge in [-0.05, 0) is 25.3 Å². The average Bonchev–Trinajstić information content (AvgIpc) is 2.43. The largest absolute Gasteiger partial charge is 0.395 e. The Morgan fingerprint density at radius 3 is 2.81 bits per heavy atom. The quantitative estimate of drug-likeness (QED) is 0.667. The Labute approximate surface area is 121 Å². The molecule has 1 aromatic carbocycles. The second kappa shape index (κ2) is 5.61. The van der Waals surface area contributed by atoms with Crippen molar-refractivity contribution in [2.24, 2.45) is 0 Å². The number of non-ortho nitro benzene ring substituents is 1. The van der Waals surface area contributed by atoms with E-state index in [0.29, 0.717) is 29.3 Å². The number of anilines is 1.